The minimum absolute atomic E-state index is 0.0537. The summed E-state index contributed by atoms with van der Waals surface area (Å²) in [6, 6.07) is 26.7. The van der Waals surface area contributed by atoms with Crippen LogP contribution < -0.4 is 19.5 Å². The van der Waals surface area contributed by atoms with E-state index >= 15 is 0 Å². The van der Waals surface area contributed by atoms with Gasteiger partial charge in [-0.3, -0.25) is 9.59 Å². The van der Waals surface area contributed by atoms with Gasteiger partial charge < -0.3 is 24.4 Å². The summed E-state index contributed by atoms with van der Waals surface area (Å²) >= 11 is 12.4. The fourth-order valence-corrected chi connectivity index (χ4v) is 5.19. The van der Waals surface area contributed by atoms with Gasteiger partial charge in [-0.15, -0.1) is 0 Å². The van der Waals surface area contributed by atoms with E-state index in [1.165, 1.54) is 0 Å². The van der Waals surface area contributed by atoms with Gasteiger partial charge in [0.05, 0.1) is 27.8 Å². The minimum atomic E-state index is -0.816. The molecule has 1 atom stereocenters. The number of amides is 2. The molecule has 7 nitrogen and oxygen atoms in total. The van der Waals surface area contributed by atoms with Crippen molar-refractivity contribution in [3.05, 3.63) is 123 Å². The lowest BCUT2D eigenvalue weighted by Crippen LogP contribution is -2.50. The van der Waals surface area contributed by atoms with Crippen LogP contribution in [0.25, 0.3) is 0 Å². The standard InChI is InChI=1S/C34H34Cl2N2O5/c1-41-28-14-9-24(10-15-28)22-38(33(39)19-25-11-16-31(42-2)32(18-25)43-3)30(17-23-7-5-4-6-8-23)34(40)37-21-26-12-13-27(35)20-29(26)36/h4-16,18,20,30H,17,19,21-22H2,1-3H3,(H,37,40)/t30-/m1/s1. The van der Waals surface area contributed by atoms with Gasteiger partial charge in [0.2, 0.25) is 11.8 Å². The fourth-order valence-electron chi connectivity index (χ4n) is 4.71. The van der Waals surface area contributed by atoms with Crippen LogP contribution >= 0.6 is 23.2 Å². The first-order valence-electron chi connectivity index (χ1n) is 13.7. The first kappa shape index (κ1) is 31.7. The van der Waals surface area contributed by atoms with Crippen molar-refractivity contribution in [1.29, 1.82) is 0 Å². The molecule has 4 rings (SSSR count). The summed E-state index contributed by atoms with van der Waals surface area (Å²) < 4.78 is 16.1. The maximum absolute atomic E-state index is 14.1. The number of benzene rings is 4. The minimum Gasteiger partial charge on any atom is -0.497 e. The largest absolute Gasteiger partial charge is 0.497 e. The number of rotatable bonds is 13. The number of carbonyl (C=O) groups is 2. The van der Waals surface area contributed by atoms with Crippen molar-refractivity contribution >= 4 is 35.0 Å². The van der Waals surface area contributed by atoms with E-state index in [9.17, 15) is 9.59 Å². The van der Waals surface area contributed by atoms with Crippen molar-refractivity contribution in [2.75, 3.05) is 21.3 Å². The van der Waals surface area contributed by atoms with Crippen molar-refractivity contribution in [3.8, 4) is 17.2 Å². The zero-order valence-electron chi connectivity index (χ0n) is 24.3. The van der Waals surface area contributed by atoms with E-state index in [2.05, 4.69) is 5.32 Å². The van der Waals surface area contributed by atoms with Crippen molar-refractivity contribution < 1.29 is 23.8 Å². The Morgan fingerprint density at radius 3 is 2.12 bits per heavy atom. The number of carbonyl (C=O) groups excluding carboxylic acids is 2. The van der Waals surface area contributed by atoms with Gasteiger partial charge in [-0.05, 0) is 58.7 Å². The number of hydrogen-bond acceptors (Lipinski definition) is 5. The molecule has 0 aromatic heterocycles. The Balaban J connectivity index is 1.68. The molecule has 0 saturated heterocycles. The highest BCUT2D eigenvalue weighted by atomic mass is 35.5. The van der Waals surface area contributed by atoms with Gasteiger partial charge in [0.15, 0.2) is 11.5 Å². The second-order valence-electron chi connectivity index (χ2n) is 9.89. The van der Waals surface area contributed by atoms with Gasteiger partial charge in [0.1, 0.15) is 11.8 Å². The van der Waals surface area contributed by atoms with Crippen molar-refractivity contribution in [2.24, 2.45) is 0 Å². The molecule has 224 valence electrons. The molecule has 1 N–H and O–H groups in total. The number of halogens is 2. The third-order valence-electron chi connectivity index (χ3n) is 7.05. The molecule has 0 heterocycles. The summed E-state index contributed by atoms with van der Waals surface area (Å²) in [4.78, 5) is 29.7. The number of nitrogens with zero attached hydrogens (tertiary/aromatic N) is 1. The highest BCUT2D eigenvalue weighted by Gasteiger charge is 2.30. The number of ether oxygens (including phenoxy) is 3. The Morgan fingerprint density at radius 2 is 1.47 bits per heavy atom. The monoisotopic (exact) mass is 620 g/mol. The normalized spacial score (nSPS) is 11.4. The lowest BCUT2D eigenvalue weighted by molar-refractivity contribution is -0.140. The van der Waals surface area contributed by atoms with E-state index in [-0.39, 0.29) is 31.3 Å². The average Bonchev–Trinajstić information content (AvgIpc) is 3.02. The van der Waals surface area contributed by atoms with Crippen LogP contribution in [0.5, 0.6) is 17.2 Å². The van der Waals surface area contributed by atoms with Crippen LogP contribution in [0.3, 0.4) is 0 Å². The lowest BCUT2D eigenvalue weighted by atomic mass is 10.0. The summed E-state index contributed by atoms with van der Waals surface area (Å²) in [6.07, 6.45) is 0.368. The van der Waals surface area contributed by atoms with Crippen LogP contribution in [0.15, 0.2) is 91.0 Å². The van der Waals surface area contributed by atoms with E-state index < -0.39 is 6.04 Å². The number of nitrogens with one attached hydrogen (secondary N) is 1. The Bertz CT molecular complexity index is 1530. The maximum Gasteiger partial charge on any atom is 0.243 e. The Hall–Kier alpha value is -4.20. The fraction of sp³-hybridized carbons (Fsp3) is 0.235. The highest BCUT2D eigenvalue weighted by molar-refractivity contribution is 6.35. The molecule has 0 aliphatic carbocycles. The molecule has 43 heavy (non-hydrogen) atoms. The second-order valence-corrected chi connectivity index (χ2v) is 10.7. The van der Waals surface area contributed by atoms with Crippen LogP contribution in [-0.4, -0.2) is 44.1 Å². The molecule has 4 aromatic rings. The summed E-state index contributed by atoms with van der Waals surface area (Å²) in [7, 11) is 4.71. The molecule has 0 aliphatic heterocycles. The maximum atomic E-state index is 14.1. The van der Waals surface area contributed by atoms with Gasteiger partial charge >= 0.3 is 0 Å². The second kappa shape index (κ2) is 15.3. The van der Waals surface area contributed by atoms with Crippen molar-refractivity contribution in [1.82, 2.24) is 10.2 Å². The zero-order valence-corrected chi connectivity index (χ0v) is 25.8. The molecular formula is C34H34Cl2N2O5. The lowest BCUT2D eigenvalue weighted by Gasteiger charge is -2.32. The van der Waals surface area contributed by atoms with E-state index in [0.29, 0.717) is 33.7 Å². The molecule has 0 radical (unpaired) electrons. The van der Waals surface area contributed by atoms with Crippen molar-refractivity contribution in [3.63, 3.8) is 0 Å². The Kier molecular flexibility index (Phi) is 11.3. The van der Waals surface area contributed by atoms with Crippen molar-refractivity contribution in [2.45, 2.75) is 32.0 Å². The van der Waals surface area contributed by atoms with Gasteiger partial charge in [-0.2, -0.15) is 0 Å². The van der Waals surface area contributed by atoms with E-state index in [0.717, 1.165) is 22.3 Å². The number of methoxy groups -OCH3 is 3. The predicted octanol–water partition coefficient (Wildman–Crippen LogP) is 6.52. The van der Waals surface area contributed by atoms with Gasteiger partial charge in [0, 0.05) is 29.6 Å². The molecular weight excluding hydrogens is 587 g/mol. The molecule has 0 bridgehead atoms. The molecule has 2 amide bonds. The Labute approximate surface area is 262 Å². The van der Waals surface area contributed by atoms with Crippen LogP contribution in [0, 0.1) is 0 Å². The first-order valence-corrected chi connectivity index (χ1v) is 14.5. The number of hydrogen-bond donors (Lipinski definition) is 1. The molecule has 0 saturated carbocycles. The molecule has 0 unspecified atom stereocenters. The van der Waals surface area contributed by atoms with Crippen LogP contribution in [0.2, 0.25) is 10.0 Å². The SMILES string of the molecule is COc1ccc(CN(C(=O)Cc2ccc(OC)c(OC)c2)[C@H](Cc2ccccc2)C(=O)NCc2ccc(Cl)cc2Cl)cc1. The van der Waals surface area contributed by atoms with Gasteiger partial charge in [0.25, 0.3) is 0 Å². The smallest absolute Gasteiger partial charge is 0.243 e. The molecule has 4 aromatic carbocycles. The zero-order chi connectivity index (χ0) is 30.8. The van der Waals surface area contributed by atoms with Crippen LogP contribution in [-0.2, 0) is 35.5 Å². The molecule has 9 heteroatoms. The third kappa shape index (κ3) is 8.66. The third-order valence-corrected chi connectivity index (χ3v) is 7.64. The molecule has 0 spiro atoms. The van der Waals surface area contributed by atoms with Crippen LogP contribution in [0.4, 0.5) is 0 Å². The van der Waals surface area contributed by atoms with Gasteiger partial charge in [-0.1, -0.05) is 77.8 Å². The summed E-state index contributed by atoms with van der Waals surface area (Å²) in [5.41, 5.74) is 3.23. The van der Waals surface area contributed by atoms with E-state index in [1.54, 1.807) is 56.6 Å². The van der Waals surface area contributed by atoms with Crippen LogP contribution in [0.1, 0.15) is 22.3 Å². The van der Waals surface area contributed by atoms with Gasteiger partial charge in [-0.25, -0.2) is 0 Å². The predicted molar refractivity (Wildman–Crippen MR) is 169 cm³/mol. The highest BCUT2D eigenvalue weighted by Crippen LogP contribution is 2.28. The first-order chi connectivity index (χ1) is 20.8. The molecule has 0 fully saturated rings. The quantitative estimate of drug-likeness (QED) is 0.184. The summed E-state index contributed by atoms with van der Waals surface area (Å²) in [5.74, 6) is 1.27. The average molecular weight is 622 g/mol. The topological polar surface area (TPSA) is 77.1 Å². The molecule has 0 aliphatic rings. The Morgan fingerprint density at radius 1 is 0.767 bits per heavy atom. The summed E-state index contributed by atoms with van der Waals surface area (Å²) in [5, 5.41) is 3.96. The van der Waals surface area contributed by atoms with E-state index in [1.807, 2.05) is 60.7 Å². The van der Waals surface area contributed by atoms with E-state index in [4.69, 9.17) is 37.4 Å². The summed E-state index contributed by atoms with van der Waals surface area (Å²) in [6.45, 7) is 0.392.